The van der Waals surface area contributed by atoms with E-state index in [1.54, 1.807) is 62.1 Å². The van der Waals surface area contributed by atoms with Gasteiger partial charge >= 0.3 is 12.1 Å². The third-order valence-corrected chi connectivity index (χ3v) is 8.38. The summed E-state index contributed by atoms with van der Waals surface area (Å²) in [6.45, 7) is 6.54. The molecule has 4 amide bonds. The molecule has 0 bridgehead atoms. The lowest BCUT2D eigenvalue weighted by Crippen LogP contribution is -2.58. The molecule has 2 aromatic rings. The monoisotopic (exact) mass is 664 g/mol. The number of hydrogen-bond acceptors (Lipinski definition) is 8. The Hall–Kier alpha value is -4.45. The lowest BCUT2D eigenvalue weighted by Gasteiger charge is -2.32. The van der Waals surface area contributed by atoms with Crippen LogP contribution in [-0.4, -0.2) is 94.2 Å². The number of nitrogens with zero attached hydrogens (tertiary/aromatic N) is 2. The number of aliphatic hydroxyl groups is 1. The number of nitrogens with one attached hydrogen (secondary N) is 2. The number of piperidine rings is 1. The van der Waals surface area contributed by atoms with Crippen LogP contribution >= 0.6 is 0 Å². The minimum atomic E-state index is -1.74. The largest absolute Gasteiger partial charge is 0.458 e. The molecule has 12 nitrogen and oxygen atoms in total. The van der Waals surface area contributed by atoms with Crippen LogP contribution in [-0.2, 0) is 41.7 Å². The van der Waals surface area contributed by atoms with Crippen molar-refractivity contribution in [2.24, 2.45) is 0 Å². The quantitative estimate of drug-likeness (QED) is 0.293. The Kier molecular flexibility index (Phi) is 13.0. The van der Waals surface area contributed by atoms with E-state index in [1.807, 2.05) is 24.3 Å². The Morgan fingerprint density at radius 1 is 0.854 bits per heavy atom. The average molecular weight is 665 g/mol. The normalized spacial score (nSPS) is 18.3. The van der Waals surface area contributed by atoms with Gasteiger partial charge in [0.05, 0.1) is 12.5 Å². The van der Waals surface area contributed by atoms with Gasteiger partial charge in [0.1, 0.15) is 24.3 Å². The van der Waals surface area contributed by atoms with E-state index in [2.05, 4.69) is 10.6 Å². The van der Waals surface area contributed by atoms with Crippen molar-refractivity contribution in [3.8, 4) is 0 Å². The van der Waals surface area contributed by atoms with E-state index >= 15 is 0 Å². The van der Waals surface area contributed by atoms with Crippen LogP contribution in [0, 0.1) is 0 Å². The molecule has 0 radical (unpaired) electrons. The zero-order valence-corrected chi connectivity index (χ0v) is 28.1. The molecule has 4 rings (SSSR count). The molecule has 2 aromatic carbocycles. The summed E-state index contributed by atoms with van der Waals surface area (Å²) in [5.41, 5.74) is 0.720. The number of alkyl carbamates (subject to hydrolysis) is 1. The van der Waals surface area contributed by atoms with E-state index in [9.17, 15) is 29.1 Å². The molecule has 3 N–H and O–H groups in total. The molecule has 0 spiro atoms. The van der Waals surface area contributed by atoms with Crippen LogP contribution in [0.4, 0.5) is 4.79 Å². The highest BCUT2D eigenvalue weighted by molar-refractivity contribution is 5.92. The van der Waals surface area contributed by atoms with E-state index in [0.717, 1.165) is 30.4 Å². The summed E-state index contributed by atoms with van der Waals surface area (Å²) in [5.74, 6) is -2.33. The second kappa shape index (κ2) is 17.1. The zero-order valence-electron chi connectivity index (χ0n) is 28.1. The lowest BCUT2D eigenvalue weighted by atomic mass is 9.99. The fourth-order valence-corrected chi connectivity index (χ4v) is 5.94. The maximum Gasteiger partial charge on any atom is 0.408 e. The van der Waals surface area contributed by atoms with Gasteiger partial charge in [-0.15, -0.1) is 0 Å². The molecule has 12 heteroatoms. The molecular weight excluding hydrogens is 616 g/mol. The van der Waals surface area contributed by atoms with Crippen LogP contribution in [0.5, 0.6) is 0 Å². The number of likely N-dealkylation sites (tertiary alicyclic amines) is 2. The van der Waals surface area contributed by atoms with Gasteiger partial charge in [0.25, 0.3) is 5.91 Å². The standard InChI is InChI=1S/C36H48N4O8/c1-36(2,3)48-34(45)29-18-13-21-40(29)33(44)31(42)27(22-25-14-7-4-8-15-25)37-32(43)28(23-30(41)39-19-11-6-12-20-39)38-35(46)47-24-26-16-9-5-10-17-26/h4-5,7-10,14-17,27-29,31,42H,6,11-13,18-24H2,1-3H3,(H,37,43)(H,38,46)/t27?,28-,29-,31?/m0/s1. The minimum absolute atomic E-state index is 0.0421. The summed E-state index contributed by atoms with van der Waals surface area (Å²) >= 11 is 0. The Morgan fingerprint density at radius 3 is 2.10 bits per heavy atom. The number of ether oxygens (including phenoxy) is 2. The first-order chi connectivity index (χ1) is 22.9. The number of hydrogen-bond donors (Lipinski definition) is 3. The van der Waals surface area contributed by atoms with Gasteiger partial charge in [-0.1, -0.05) is 60.7 Å². The van der Waals surface area contributed by atoms with Crippen molar-refractivity contribution in [2.45, 2.75) is 102 Å². The lowest BCUT2D eigenvalue weighted by molar-refractivity contribution is -0.165. The maximum atomic E-state index is 13.9. The van der Waals surface area contributed by atoms with E-state index < -0.39 is 53.7 Å². The third-order valence-electron chi connectivity index (χ3n) is 8.38. The van der Waals surface area contributed by atoms with Crippen LogP contribution in [0.1, 0.15) is 70.4 Å². The predicted molar refractivity (Wildman–Crippen MR) is 177 cm³/mol. The van der Waals surface area contributed by atoms with Gasteiger partial charge in [-0.25, -0.2) is 9.59 Å². The van der Waals surface area contributed by atoms with Crippen molar-refractivity contribution in [3.05, 3.63) is 71.8 Å². The van der Waals surface area contributed by atoms with Gasteiger partial charge in [-0.05, 0) is 70.4 Å². The smallest absolute Gasteiger partial charge is 0.408 e. The third kappa shape index (κ3) is 10.8. The van der Waals surface area contributed by atoms with Crippen molar-refractivity contribution in [1.82, 2.24) is 20.4 Å². The van der Waals surface area contributed by atoms with E-state index in [0.29, 0.717) is 25.9 Å². The number of amides is 4. The van der Waals surface area contributed by atoms with Crippen LogP contribution in [0.15, 0.2) is 60.7 Å². The maximum absolute atomic E-state index is 13.9. The van der Waals surface area contributed by atoms with Crippen LogP contribution in [0.3, 0.4) is 0 Å². The number of esters is 1. The molecule has 48 heavy (non-hydrogen) atoms. The summed E-state index contributed by atoms with van der Waals surface area (Å²) in [5, 5.41) is 16.8. The van der Waals surface area contributed by atoms with Crippen molar-refractivity contribution < 1.29 is 38.6 Å². The Labute approximate surface area is 282 Å². The van der Waals surface area contributed by atoms with Crippen LogP contribution in [0.2, 0.25) is 0 Å². The first-order valence-corrected chi connectivity index (χ1v) is 16.7. The first kappa shape index (κ1) is 36.4. The molecule has 2 unspecified atom stereocenters. The summed E-state index contributed by atoms with van der Waals surface area (Å²) in [4.78, 5) is 69.7. The van der Waals surface area contributed by atoms with Gasteiger partial charge in [0.2, 0.25) is 11.8 Å². The summed E-state index contributed by atoms with van der Waals surface area (Å²) < 4.78 is 10.9. The number of benzene rings is 2. The average Bonchev–Trinajstić information content (AvgIpc) is 3.57. The predicted octanol–water partition coefficient (Wildman–Crippen LogP) is 3.11. The Balaban J connectivity index is 1.52. The SMILES string of the molecule is CC(C)(C)OC(=O)[C@@H]1CCCN1C(=O)C(O)C(Cc1ccccc1)NC(=O)[C@H](CC(=O)N1CCCCC1)NC(=O)OCc1ccccc1. The Morgan fingerprint density at radius 2 is 1.48 bits per heavy atom. The second-order valence-corrected chi connectivity index (χ2v) is 13.4. The van der Waals surface area contributed by atoms with E-state index in [-0.39, 0.29) is 31.9 Å². The molecule has 4 atom stereocenters. The molecular formula is C36H48N4O8. The van der Waals surface area contributed by atoms with Gasteiger partial charge in [0.15, 0.2) is 6.10 Å². The molecule has 0 aliphatic carbocycles. The van der Waals surface area contributed by atoms with Crippen molar-refractivity contribution >= 4 is 29.8 Å². The van der Waals surface area contributed by atoms with Gasteiger partial charge < -0.3 is 35.0 Å². The van der Waals surface area contributed by atoms with Crippen LogP contribution in [0.25, 0.3) is 0 Å². The van der Waals surface area contributed by atoms with E-state index in [4.69, 9.17) is 9.47 Å². The number of carbonyl (C=O) groups is 5. The fourth-order valence-electron chi connectivity index (χ4n) is 5.94. The molecule has 2 aliphatic heterocycles. The van der Waals surface area contributed by atoms with Gasteiger partial charge in [-0.3, -0.25) is 14.4 Å². The number of carbonyl (C=O) groups excluding carboxylic acids is 5. The fraction of sp³-hybridized carbons (Fsp3) is 0.528. The van der Waals surface area contributed by atoms with Crippen molar-refractivity contribution in [2.75, 3.05) is 19.6 Å². The molecule has 2 aliphatic rings. The highest BCUT2D eigenvalue weighted by atomic mass is 16.6. The summed E-state index contributed by atoms with van der Waals surface area (Å²) in [6.07, 6.45) is 0.756. The highest BCUT2D eigenvalue weighted by Gasteiger charge is 2.42. The molecule has 260 valence electrons. The van der Waals surface area contributed by atoms with E-state index in [1.165, 1.54) is 4.90 Å². The first-order valence-electron chi connectivity index (χ1n) is 16.7. The van der Waals surface area contributed by atoms with Crippen LogP contribution < -0.4 is 10.6 Å². The topological polar surface area (TPSA) is 155 Å². The summed E-state index contributed by atoms with van der Waals surface area (Å²) in [6, 6.07) is 14.7. The number of aliphatic hydroxyl groups excluding tert-OH is 1. The molecule has 0 saturated carbocycles. The summed E-state index contributed by atoms with van der Waals surface area (Å²) in [7, 11) is 0. The minimum Gasteiger partial charge on any atom is -0.458 e. The van der Waals surface area contributed by atoms with Gasteiger partial charge in [-0.2, -0.15) is 0 Å². The van der Waals surface area contributed by atoms with Crippen molar-refractivity contribution in [3.63, 3.8) is 0 Å². The number of rotatable bonds is 12. The van der Waals surface area contributed by atoms with Crippen molar-refractivity contribution in [1.29, 1.82) is 0 Å². The van der Waals surface area contributed by atoms with Gasteiger partial charge in [0, 0.05) is 19.6 Å². The molecule has 0 aromatic heterocycles. The second-order valence-electron chi connectivity index (χ2n) is 13.4. The molecule has 2 heterocycles. The molecule has 2 fully saturated rings. The molecule has 2 saturated heterocycles. The Bertz CT molecular complexity index is 1390. The zero-order chi connectivity index (χ0) is 34.7. The highest BCUT2D eigenvalue weighted by Crippen LogP contribution is 2.23.